The molecular weight excluding hydrogens is 1630 g/mol. The van der Waals surface area contributed by atoms with E-state index in [0.29, 0.717) is 0 Å². The Balaban J connectivity index is 0. The molecule has 5 aromatic carbocycles. The lowest BCUT2D eigenvalue weighted by molar-refractivity contribution is 0.588. The van der Waals surface area contributed by atoms with Crippen LogP contribution < -0.4 is 0 Å². The van der Waals surface area contributed by atoms with Gasteiger partial charge in [-0.1, -0.05) is 356 Å². The molecule has 3 heteroatoms. The molecule has 5 aromatic rings. The molecule has 1 unspecified atom stereocenters. The van der Waals surface area contributed by atoms with Gasteiger partial charge in [0.25, 0.3) is 0 Å². The lowest BCUT2D eigenvalue weighted by Gasteiger charge is -2.23. The van der Waals surface area contributed by atoms with E-state index in [1.807, 2.05) is 39.8 Å². The maximum absolute atomic E-state index is 5.65. The Morgan fingerprint density at radius 1 is 0.383 bits per heavy atom. The van der Waals surface area contributed by atoms with E-state index in [9.17, 15) is 0 Å². The third-order valence-electron chi connectivity index (χ3n) is 21.1. The molecule has 0 aliphatic heterocycles. The summed E-state index contributed by atoms with van der Waals surface area (Å²) in [5, 5.41) is 1.21. The third kappa shape index (κ3) is 42.8. The fourth-order valence-electron chi connectivity index (χ4n) is 12.7. The summed E-state index contributed by atoms with van der Waals surface area (Å²) in [5.41, 5.74) is 36.8. The van der Waals surface area contributed by atoms with Crippen molar-refractivity contribution in [3.8, 4) is 12.3 Å². The first-order valence-corrected chi connectivity index (χ1v) is 46.5. The monoisotopic (exact) mass is 1800 g/mol. The lowest BCUT2D eigenvalue weighted by atomic mass is 9.81. The lowest BCUT2D eigenvalue weighted by Crippen LogP contribution is -2.13. The number of hydrogen-bond acceptors (Lipinski definition) is 0. The van der Waals surface area contributed by atoms with Gasteiger partial charge >= 0.3 is 0 Å². The largest absolute Gasteiger partial charge is 0.115 e. The maximum Gasteiger partial charge on any atom is 0.0280 e. The highest BCUT2D eigenvalue weighted by Crippen LogP contribution is 2.38. The quantitative estimate of drug-likeness (QED) is 0.0236. The molecule has 0 aliphatic rings. The summed E-state index contributed by atoms with van der Waals surface area (Å²) in [7, 11) is 2.75. The van der Waals surface area contributed by atoms with Gasteiger partial charge in [0.1, 0.15) is 0 Å². The Bertz CT molecular complexity index is 4140. The summed E-state index contributed by atoms with van der Waals surface area (Å²) in [6.45, 7) is 88.0. The van der Waals surface area contributed by atoms with Gasteiger partial charge in [-0.2, -0.15) is 0 Å². The van der Waals surface area contributed by atoms with Crippen molar-refractivity contribution >= 4 is 74.7 Å². The van der Waals surface area contributed by atoms with Crippen molar-refractivity contribution in [3.05, 3.63) is 290 Å². The van der Waals surface area contributed by atoms with Crippen LogP contribution in [0.3, 0.4) is 0 Å². The molecule has 0 amide bonds. The summed E-state index contributed by atoms with van der Waals surface area (Å²) in [4.78, 5) is 0. The second-order valence-electron chi connectivity index (χ2n) is 36.7. The third-order valence-corrected chi connectivity index (χ3v) is 23.2. The number of terminal acetylenes is 1. The van der Waals surface area contributed by atoms with Gasteiger partial charge in [0.15, 0.2) is 0 Å². The molecular formula is C112H169I2P. The van der Waals surface area contributed by atoms with Gasteiger partial charge in [-0.3, -0.25) is 0 Å². The molecule has 636 valence electrons. The van der Waals surface area contributed by atoms with E-state index in [1.54, 1.807) is 5.56 Å². The number of benzene rings is 5. The van der Waals surface area contributed by atoms with Gasteiger partial charge in [0.2, 0.25) is 0 Å². The van der Waals surface area contributed by atoms with Crippen molar-refractivity contribution in [3.63, 3.8) is 0 Å². The van der Waals surface area contributed by atoms with Gasteiger partial charge in [0, 0.05) is 9.14 Å². The molecule has 115 heavy (non-hydrogen) atoms. The van der Waals surface area contributed by atoms with E-state index in [2.05, 4.69) is 427 Å². The fraction of sp³-hybridized carbons (Fsp3) is 0.500. The SMILES string of the molecule is C#Cc1cc(C(C)(C)C)cc(C)c1CCCC.C=C(C=CC(C)=CC)c1cc(C(C)(C)C)cc(C)c1CCCC.C=C(I)c1cc(C(C)(C)C)cc(C)c1CCCC.CC=C(P)C=CC=C(C)c1cc(C(C)(C)C)cc(C)c1CCCC.CC=CC(C)=CC.CC=CC(C)=CC.CCCCc1c(C)cc(C(C)(C)C)cc1/C(C)=C/I. The Hall–Kier alpha value is -5.57. The Kier molecular flexibility index (Phi) is 55.1. The van der Waals surface area contributed by atoms with Gasteiger partial charge in [-0.25, -0.2) is 0 Å². The van der Waals surface area contributed by atoms with E-state index in [0.717, 1.165) is 27.6 Å². The highest BCUT2D eigenvalue weighted by Gasteiger charge is 2.23. The van der Waals surface area contributed by atoms with Gasteiger partial charge in [0.05, 0.1) is 0 Å². The van der Waals surface area contributed by atoms with Crippen LogP contribution in [0.15, 0.2) is 179 Å². The van der Waals surface area contributed by atoms with Gasteiger partial charge < -0.3 is 0 Å². The average molecular weight is 1800 g/mol. The van der Waals surface area contributed by atoms with Gasteiger partial charge in [-0.15, -0.1) is 15.7 Å². The summed E-state index contributed by atoms with van der Waals surface area (Å²) in [6.07, 6.45) is 51.3. The highest BCUT2D eigenvalue weighted by molar-refractivity contribution is 14.1. The van der Waals surface area contributed by atoms with Crippen LogP contribution in [0.1, 0.15) is 390 Å². The van der Waals surface area contributed by atoms with Crippen molar-refractivity contribution in [2.75, 3.05) is 0 Å². The number of unbranched alkanes of at least 4 members (excludes halogenated alkanes) is 5. The molecule has 0 heterocycles. The van der Waals surface area contributed by atoms with Gasteiger partial charge in [-0.05, 0) is 369 Å². The minimum Gasteiger partial charge on any atom is -0.115 e. The zero-order valence-electron chi connectivity index (χ0n) is 80.8. The summed E-state index contributed by atoms with van der Waals surface area (Å²) < 4.78 is 3.36. The van der Waals surface area contributed by atoms with Crippen molar-refractivity contribution in [2.45, 2.75) is 373 Å². The summed E-state index contributed by atoms with van der Waals surface area (Å²) >= 11 is 4.71. The molecule has 0 aromatic heterocycles. The van der Waals surface area contributed by atoms with Crippen molar-refractivity contribution in [1.29, 1.82) is 0 Å². The van der Waals surface area contributed by atoms with E-state index >= 15 is 0 Å². The Labute approximate surface area is 743 Å². The molecule has 0 spiro atoms. The van der Waals surface area contributed by atoms with Crippen LogP contribution in [0.25, 0.3) is 20.3 Å². The van der Waals surface area contributed by atoms with Crippen molar-refractivity contribution in [2.24, 2.45) is 0 Å². The van der Waals surface area contributed by atoms with Crippen LogP contribution in [0, 0.1) is 47.0 Å². The zero-order valence-corrected chi connectivity index (χ0v) is 86.3. The molecule has 0 fully saturated rings. The van der Waals surface area contributed by atoms with E-state index in [4.69, 9.17) is 6.42 Å². The Morgan fingerprint density at radius 2 is 0.661 bits per heavy atom. The van der Waals surface area contributed by atoms with Crippen molar-refractivity contribution in [1.82, 2.24) is 0 Å². The predicted octanol–water partition coefficient (Wildman–Crippen LogP) is 36.7. The second kappa shape index (κ2) is 56.8. The van der Waals surface area contributed by atoms with Crippen LogP contribution in [0.4, 0.5) is 0 Å². The van der Waals surface area contributed by atoms with Crippen LogP contribution in [0.2, 0.25) is 0 Å². The average Bonchev–Trinajstić information content (AvgIpc) is 0.840. The molecule has 5 rings (SSSR count). The minimum atomic E-state index is 0.159. The van der Waals surface area contributed by atoms with E-state index in [1.165, 1.54) is 217 Å². The first-order valence-electron chi connectivity index (χ1n) is 43.6. The number of rotatable bonds is 25. The molecule has 0 aliphatic carbocycles. The van der Waals surface area contributed by atoms with Crippen LogP contribution in [0.5, 0.6) is 0 Å². The molecule has 1 atom stereocenters. The van der Waals surface area contributed by atoms with Crippen LogP contribution in [-0.2, 0) is 59.2 Å². The normalized spacial score (nSPS) is 12.7. The molecule has 0 bridgehead atoms. The fourth-order valence-corrected chi connectivity index (χ4v) is 13.7. The van der Waals surface area contributed by atoms with Crippen LogP contribution >= 0.6 is 54.4 Å². The first-order chi connectivity index (χ1) is 53.5. The number of halogens is 2. The molecule has 0 saturated carbocycles. The molecule has 0 saturated heterocycles. The summed E-state index contributed by atoms with van der Waals surface area (Å²) in [6, 6.07) is 23.5. The number of hydrogen-bond donors (Lipinski definition) is 0. The van der Waals surface area contributed by atoms with Crippen LogP contribution in [-0.4, -0.2) is 0 Å². The maximum atomic E-state index is 5.65. The van der Waals surface area contributed by atoms with E-state index in [-0.39, 0.29) is 27.1 Å². The first kappa shape index (κ1) is 111. The topological polar surface area (TPSA) is 0 Å². The zero-order chi connectivity index (χ0) is 89.0. The molecule has 0 nitrogen and oxygen atoms in total. The second-order valence-corrected chi connectivity index (χ2v) is 39.3. The highest BCUT2D eigenvalue weighted by atomic mass is 127. The molecule has 0 radical (unpaired) electrons. The predicted molar refractivity (Wildman–Crippen MR) is 553 cm³/mol. The Morgan fingerprint density at radius 3 is 0.939 bits per heavy atom. The molecule has 0 N–H and O–H groups in total. The van der Waals surface area contributed by atoms with E-state index < -0.39 is 0 Å². The number of aryl methyl sites for hydroxylation is 5. The standard InChI is InChI=1S/C23H35P.C23H34.C18H27I.C17H25I.C17H24.2C7H12/c1-8-10-14-21-18(4)15-19(23(5,6)7)16-22(21)17(3)12-11-13-20(24)9-2;1-9-11-12-21-19(5)15-20(23(6,7)8)16-22(21)18(4)14-13-17(3)10-2;1-7-8-9-16-13(2)10-15(18(4,5)6)11-17(16)14(3)12-19;1-7-8-9-15-12(2)10-14(17(4,5)6)11-16(15)13(3)18;1-7-9-10-16-13(3)11-15(17(4,5)6)12-14(16)8-2;2*1-4-6-7(3)5-2/h9,11-13,15-16H,8,10,14,24H2,1-7H3;10,13-16H,4,9,11-12H2,1-3,5-8H3;10-12H,7-9H2,1-6H3;10-11H,3,7-9H2,1-2,4-6H3;2,11-12H,7,9-10H2,1,3-6H3;2*4-6H,1-3H3/b;;14-12+;;;;. The van der Waals surface area contributed by atoms with Crippen molar-refractivity contribution < 1.29 is 0 Å². The number of allylic oxidation sites excluding steroid dienone is 20. The minimum absolute atomic E-state index is 0.159. The smallest absolute Gasteiger partial charge is 0.0280 e. The summed E-state index contributed by atoms with van der Waals surface area (Å²) in [5.74, 6) is 2.86.